The fourth-order valence-corrected chi connectivity index (χ4v) is 3.17. The molecular formula is C16H24FN3. The van der Waals surface area contributed by atoms with Crippen LogP contribution in [0, 0.1) is 5.82 Å². The number of hydrogen-bond donors (Lipinski definition) is 0. The Morgan fingerprint density at radius 2 is 1.30 bits per heavy atom. The summed E-state index contributed by atoms with van der Waals surface area (Å²) in [6.45, 7) is 9.31. The Balaban J connectivity index is 1.43. The Hall–Kier alpha value is -1.13. The Morgan fingerprint density at radius 1 is 0.750 bits per heavy atom. The van der Waals surface area contributed by atoms with Gasteiger partial charge in [0.25, 0.3) is 0 Å². The molecule has 0 spiro atoms. The van der Waals surface area contributed by atoms with E-state index < -0.39 is 0 Å². The van der Waals surface area contributed by atoms with Gasteiger partial charge in [0.15, 0.2) is 0 Å². The van der Waals surface area contributed by atoms with Crippen molar-refractivity contribution in [1.82, 2.24) is 9.80 Å². The molecule has 2 saturated heterocycles. The first-order valence-corrected chi connectivity index (χ1v) is 7.76. The minimum absolute atomic E-state index is 0.155. The molecule has 0 bridgehead atoms. The zero-order chi connectivity index (χ0) is 13.8. The van der Waals surface area contributed by atoms with Crippen LogP contribution in [0.25, 0.3) is 0 Å². The average molecular weight is 277 g/mol. The third-order valence-corrected chi connectivity index (χ3v) is 4.50. The van der Waals surface area contributed by atoms with Crippen molar-refractivity contribution in [2.24, 2.45) is 0 Å². The lowest BCUT2D eigenvalue weighted by atomic mass is 10.2. The van der Waals surface area contributed by atoms with Gasteiger partial charge in [-0.25, -0.2) is 4.39 Å². The third-order valence-electron chi connectivity index (χ3n) is 4.50. The van der Waals surface area contributed by atoms with Crippen molar-refractivity contribution in [2.45, 2.75) is 12.8 Å². The highest BCUT2D eigenvalue weighted by Crippen LogP contribution is 2.17. The molecule has 110 valence electrons. The van der Waals surface area contributed by atoms with Crippen LogP contribution in [-0.2, 0) is 0 Å². The molecule has 0 unspecified atom stereocenters. The summed E-state index contributed by atoms with van der Waals surface area (Å²) in [6, 6.07) is 6.87. The number of hydrogen-bond acceptors (Lipinski definition) is 3. The Morgan fingerprint density at radius 3 is 1.90 bits per heavy atom. The Bertz CT molecular complexity index is 406. The van der Waals surface area contributed by atoms with E-state index in [1.807, 2.05) is 12.1 Å². The summed E-state index contributed by atoms with van der Waals surface area (Å²) in [6.07, 6.45) is 2.75. The Labute approximate surface area is 121 Å². The quantitative estimate of drug-likeness (QED) is 0.834. The van der Waals surface area contributed by atoms with Crippen molar-refractivity contribution >= 4 is 5.69 Å². The molecule has 0 saturated carbocycles. The van der Waals surface area contributed by atoms with E-state index in [9.17, 15) is 4.39 Å². The zero-order valence-electron chi connectivity index (χ0n) is 12.1. The highest BCUT2D eigenvalue weighted by atomic mass is 19.1. The molecule has 2 aliphatic rings. The van der Waals surface area contributed by atoms with Crippen molar-refractivity contribution in [1.29, 1.82) is 0 Å². The third kappa shape index (κ3) is 3.49. The second-order valence-electron chi connectivity index (χ2n) is 5.85. The maximum atomic E-state index is 12.9. The van der Waals surface area contributed by atoms with Gasteiger partial charge in [-0.3, -0.25) is 4.90 Å². The minimum atomic E-state index is -0.155. The van der Waals surface area contributed by atoms with Crippen molar-refractivity contribution < 1.29 is 4.39 Å². The van der Waals surface area contributed by atoms with E-state index in [2.05, 4.69) is 14.7 Å². The number of piperazine rings is 1. The van der Waals surface area contributed by atoms with Gasteiger partial charge in [-0.2, -0.15) is 0 Å². The molecule has 1 aromatic rings. The molecule has 0 amide bonds. The molecule has 0 aromatic heterocycles. The van der Waals surface area contributed by atoms with E-state index in [0.717, 1.165) is 31.9 Å². The van der Waals surface area contributed by atoms with Gasteiger partial charge in [-0.1, -0.05) is 0 Å². The van der Waals surface area contributed by atoms with Crippen LogP contribution in [-0.4, -0.2) is 62.2 Å². The van der Waals surface area contributed by atoms with Gasteiger partial charge in [0.2, 0.25) is 0 Å². The van der Waals surface area contributed by atoms with E-state index in [4.69, 9.17) is 0 Å². The first-order chi connectivity index (χ1) is 9.81. The van der Waals surface area contributed by atoms with Crippen LogP contribution in [0.15, 0.2) is 24.3 Å². The summed E-state index contributed by atoms with van der Waals surface area (Å²) in [4.78, 5) is 7.48. The summed E-state index contributed by atoms with van der Waals surface area (Å²) in [5.41, 5.74) is 1.14. The van der Waals surface area contributed by atoms with Gasteiger partial charge in [0, 0.05) is 45.0 Å². The number of halogens is 1. The van der Waals surface area contributed by atoms with E-state index in [1.54, 1.807) is 12.1 Å². The van der Waals surface area contributed by atoms with Gasteiger partial charge in [-0.15, -0.1) is 0 Å². The largest absolute Gasteiger partial charge is 0.369 e. The summed E-state index contributed by atoms with van der Waals surface area (Å²) in [5.74, 6) is -0.155. The molecule has 2 heterocycles. The molecule has 4 heteroatoms. The normalized spacial score (nSPS) is 21.6. The van der Waals surface area contributed by atoms with Crippen LogP contribution in [0.4, 0.5) is 10.1 Å². The van der Waals surface area contributed by atoms with Crippen LogP contribution in [0.2, 0.25) is 0 Å². The van der Waals surface area contributed by atoms with Crippen molar-refractivity contribution in [3.8, 4) is 0 Å². The van der Waals surface area contributed by atoms with Gasteiger partial charge >= 0.3 is 0 Å². The first-order valence-electron chi connectivity index (χ1n) is 7.76. The predicted molar refractivity (Wildman–Crippen MR) is 80.7 cm³/mol. The number of benzene rings is 1. The smallest absolute Gasteiger partial charge is 0.123 e. The van der Waals surface area contributed by atoms with Crippen molar-refractivity contribution in [3.05, 3.63) is 30.1 Å². The zero-order valence-corrected chi connectivity index (χ0v) is 12.1. The van der Waals surface area contributed by atoms with Crippen LogP contribution in [0.1, 0.15) is 12.8 Å². The topological polar surface area (TPSA) is 9.72 Å². The number of nitrogens with zero attached hydrogens (tertiary/aromatic N) is 3. The molecule has 0 atom stereocenters. The second kappa shape index (κ2) is 6.55. The molecule has 0 radical (unpaired) electrons. The summed E-state index contributed by atoms with van der Waals surface area (Å²) >= 11 is 0. The van der Waals surface area contributed by atoms with Crippen LogP contribution >= 0.6 is 0 Å². The van der Waals surface area contributed by atoms with E-state index in [1.165, 1.54) is 39.0 Å². The summed E-state index contributed by atoms with van der Waals surface area (Å²) in [5, 5.41) is 0. The van der Waals surface area contributed by atoms with E-state index >= 15 is 0 Å². The van der Waals surface area contributed by atoms with Crippen LogP contribution in [0.3, 0.4) is 0 Å². The minimum Gasteiger partial charge on any atom is -0.369 e. The molecular weight excluding hydrogens is 253 g/mol. The lowest BCUT2D eigenvalue weighted by Gasteiger charge is -2.36. The summed E-state index contributed by atoms with van der Waals surface area (Å²) < 4.78 is 12.9. The maximum absolute atomic E-state index is 12.9. The fraction of sp³-hybridized carbons (Fsp3) is 0.625. The monoisotopic (exact) mass is 277 g/mol. The van der Waals surface area contributed by atoms with Crippen molar-refractivity contribution in [2.75, 3.05) is 57.3 Å². The van der Waals surface area contributed by atoms with Crippen molar-refractivity contribution in [3.63, 3.8) is 0 Å². The SMILES string of the molecule is Fc1ccc(N2CCN(CCN3CCCC3)CC2)cc1. The van der Waals surface area contributed by atoms with Gasteiger partial charge < -0.3 is 9.80 Å². The molecule has 2 fully saturated rings. The highest BCUT2D eigenvalue weighted by molar-refractivity contribution is 5.46. The average Bonchev–Trinajstić information content (AvgIpc) is 3.00. The number of rotatable bonds is 4. The molecule has 0 N–H and O–H groups in total. The number of anilines is 1. The first kappa shape index (κ1) is 13.8. The fourth-order valence-electron chi connectivity index (χ4n) is 3.17. The molecule has 1 aromatic carbocycles. The Kier molecular flexibility index (Phi) is 4.53. The number of likely N-dealkylation sites (tertiary alicyclic amines) is 1. The van der Waals surface area contributed by atoms with Gasteiger partial charge in [-0.05, 0) is 50.2 Å². The predicted octanol–water partition coefficient (Wildman–Crippen LogP) is 2.04. The van der Waals surface area contributed by atoms with Gasteiger partial charge in [0.1, 0.15) is 5.82 Å². The van der Waals surface area contributed by atoms with Crippen LogP contribution < -0.4 is 4.90 Å². The molecule has 3 nitrogen and oxygen atoms in total. The van der Waals surface area contributed by atoms with Gasteiger partial charge in [0.05, 0.1) is 0 Å². The van der Waals surface area contributed by atoms with E-state index in [0.29, 0.717) is 0 Å². The standard InChI is InChI=1S/C16H24FN3/c17-15-3-5-16(6-4-15)20-13-11-19(12-14-20)10-9-18-7-1-2-8-18/h3-6H,1-2,7-14H2. The molecule has 3 rings (SSSR count). The summed E-state index contributed by atoms with van der Waals surface area (Å²) in [7, 11) is 0. The maximum Gasteiger partial charge on any atom is 0.123 e. The van der Waals surface area contributed by atoms with E-state index in [-0.39, 0.29) is 5.82 Å². The molecule has 2 aliphatic heterocycles. The second-order valence-corrected chi connectivity index (χ2v) is 5.85. The molecule has 0 aliphatic carbocycles. The molecule has 20 heavy (non-hydrogen) atoms. The highest BCUT2D eigenvalue weighted by Gasteiger charge is 2.18. The lowest BCUT2D eigenvalue weighted by molar-refractivity contribution is 0.215. The lowest BCUT2D eigenvalue weighted by Crippen LogP contribution is -2.48. The van der Waals surface area contributed by atoms with Crippen LogP contribution in [0.5, 0.6) is 0 Å².